The molecule has 1 aliphatic rings. The summed E-state index contributed by atoms with van der Waals surface area (Å²) in [6, 6.07) is -1.13. The molecule has 1 fully saturated rings. The molecule has 2 heterocycles. The van der Waals surface area contributed by atoms with Crippen molar-refractivity contribution in [3.63, 3.8) is 0 Å². The summed E-state index contributed by atoms with van der Waals surface area (Å²) in [4.78, 5) is 38.6. The fraction of sp³-hybridized carbons (Fsp3) is 0.647. The number of sulfonamides is 1. The van der Waals surface area contributed by atoms with E-state index < -0.39 is 33.9 Å². The number of rotatable bonds is 7. The van der Waals surface area contributed by atoms with Gasteiger partial charge in [-0.25, -0.2) is 8.42 Å². The van der Waals surface area contributed by atoms with Crippen molar-refractivity contribution in [3.05, 3.63) is 11.5 Å². The summed E-state index contributed by atoms with van der Waals surface area (Å²) in [6.45, 7) is 4.56. The molecule has 29 heavy (non-hydrogen) atoms. The van der Waals surface area contributed by atoms with Gasteiger partial charge in [0.25, 0.3) is 0 Å². The monoisotopic (exact) mass is 430 g/mol. The van der Waals surface area contributed by atoms with Crippen LogP contribution in [-0.2, 0) is 24.4 Å². The summed E-state index contributed by atoms with van der Waals surface area (Å²) in [5.41, 5.74) is 0.177. The molecule has 0 bridgehead atoms. The lowest BCUT2D eigenvalue weighted by molar-refractivity contribution is -0.147. The molecule has 0 radical (unpaired) electrons. The maximum atomic E-state index is 12.5. The van der Waals surface area contributed by atoms with Crippen LogP contribution in [0, 0.1) is 19.8 Å². The van der Waals surface area contributed by atoms with Crippen LogP contribution in [0.2, 0.25) is 0 Å². The Kier molecular flexibility index (Phi) is 7.01. The van der Waals surface area contributed by atoms with Crippen LogP contribution in [0.3, 0.4) is 0 Å². The Morgan fingerprint density at radius 3 is 2.59 bits per heavy atom. The molecular weight excluding hydrogens is 404 g/mol. The first-order valence-electron chi connectivity index (χ1n) is 9.14. The van der Waals surface area contributed by atoms with E-state index in [0.29, 0.717) is 19.4 Å². The smallest absolute Gasteiger partial charge is 0.308 e. The number of amides is 2. The number of carbonyl (C=O) groups is 3. The van der Waals surface area contributed by atoms with E-state index >= 15 is 0 Å². The van der Waals surface area contributed by atoms with Gasteiger partial charge in [0.2, 0.25) is 21.8 Å². The van der Waals surface area contributed by atoms with Crippen LogP contribution in [0.1, 0.15) is 31.2 Å². The highest BCUT2D eigenvalue weighted by atomic mass is 32.2. The Hall–Kier alpha value is -2.47. The number of hydrogen-bond acceptors (Lipinski definition) is 7. The largest absolute Gasteiger partial charge is 0.481 e. The zero-order valence-electron chi connectivity index (χ0n) is 16.8. The van der Waals surface area contributed by atoms with Crippen LogP contribution in [0.5, 0.6) is 0 Å². The highest BCUT2D eigenvalue weighted by molar-refractivity contribution is 7.89. The van der Waals surface area contributed by atoms with E-state index in [1.54, 1.807) is 0 Å². The van der Waals surface area contributed by atoms with Crippen LogP contribution in [0.15, 0.2) is 9.42 Å². The molecule has 2 N–H and O–H groups in total. The second-order valence-corrected chi connectivity index (χ2v) is 8.86. The van der Waals surface area contributed by atoms with Crippen LogP contribution in [0.25, 0.3) is 0 Å². The van der Waals surface area contributed by atoms with E-state index in [1.807, 2.05) is 0 Å². The van der Waals surface area contributed by atoms with Crippen molar-refractivity contribution < 1.29 is 32.4 Å². The molecule has 0 aromatic carbocycles. The number of likely N-dealkylation sites (N-methyl/N-ethyl adjacent to an activating group) is 1. The van der Waals surface area contributed by atoms with Gasteiger partial charge < -0.3 is 19.4 Å². The summed E-state index contributed by atoms with van der Waals surface area (Å²) < 4.78 is 32.2. The molecule has 11 nitrogen and oxygen atoms in total. The van der Waals surface area contributed by atoms with Gasteiger partial charge in [0, 0.05) is 20.1 Å². The van der Waals surface area contributed by atoms with Crippen LogP contribution >= 0.6 is 0 Å². The minimum absolute atomic E-state index is 0.102. The summed E-state index contributed by atoms with van der Waals surface area (Å²) in [5, 5.41) is 12.7. The number of nitrogens with one attached hydrogen (secondary N) is 1. The van der Waals surface area contributed by atoms with E-state index in [-0.39, 0.29) is 35.3 Å². The van der Waals surface area contributed by atoms with Gasteiger partial charge in [-0.3, -0.25) is 14.4 Å². The number of carbonyl (C=O) groups excluding carboxylic acids is 2. The number of carboxylic acids is 1. The molecule has 0 unspecified atom stereocenters. The van der Waals surface area contributed by atoms with Crippen molar-refractivity contribution in [2.24, 2.45) is 5.92 Å². The van der Waals surface area contributed by atoms with Crippen LogP contribution < -0.4 is 4.72 Å². The van der Waals surface area contributed by atoms with E-state index in [0.717, 1.165) is 4.90 Å². The molecule has 2 atom stereocenters. The molecule has 1 aromatic rings. The van der Waals surface area contributed by atoms with E-state index in [9.17, 15) is 22.8 Å². The van der Waals surface area contributed by atoms with Crippen molar-refractivity contribution in [3.8, 4) is 0 Å². The normalized spacial score (nSPS) is 18.3. The molecule has 2 rings (SSSR count). The summed E-state index contributed by atoms with van der Waals surface area (Å²) in [5.74, 6) is -2.44. The average molecular weight is 430 g/mol. The zero-order chi connectivity index (χ0) is 21.9. The highest BCUT2D eigenvalue weighted by Crippen LogP contribution is 2.19. The average Bonchev–Trinajstić information content (AvgIpc) is 2.99. The molecule has 0 saturated carbocycles. The number of piperidine rings is 1. The minimum atomic E-state index is -4.04. The lowest BCUT2D eigenvalue weighted by Gasteiger charge is -2.32. The van der Waals surface area contributed by atoms with E-state index in [4.69, 9.17) is 9.63 Å². The molecule has 12 heteroatoms. The first-order valence-corrected chi connectivity index (χ1v) is 10.6. The number of aliphatic carboxylic acids is 1. The summed E-state index contributed by atoms with van der Waals surface area (Å²) in [7, 11) is -2.65. The number of hydrogen-bond donors (Lipinski definition) is 2. The Labute approximate surface area is 169 Å². The maximum Gasteiger partial charge on any atom is 0.308 e. The first kappa shape index (κ1) is 22.8. The Morgan fingerprint density at radius 1 is 1.38 bits per heavy atom. The maximum absolute atomic E-state index is 12.5. The third-order valence-corrected chi connectivity index (χ3v) is 6.60. The van der Waals surface area contributed by atoms with Crippen molar-refractivity contribution >= 4 is 27.8 Å². The van der Waals surface area contributed by atoms with Gasteiger partial charge in [0.1, 0.15) is 10.6 Å². The first-order chi connectivity index (χ1) is 13.4. The molecule has 1 saturated heterocycles. The van der Waals surface area contributed by atoms with Gasteiger partial charge in [0.05, 0.1) is 18.5 Å². The summed E-state index contributed by atoms with van der Waals surface area (Å²) >= 11 is 0. The standard InChI is InChI=1S/C17H26N4O7S/c1-10-15(12(3)28-18-10)29(26,27)19-11(2)16(23)20(4)9-14(22)21-7-5-6-13(8-21)17(24)25/h11,13,19H,5-9H2,1-4H3,(H,24,25)/t11-,13-/m0/s1. The van der Waals surface area contributed by atoms with Gasteiger partial charge in [-0.2, -0.15) is 4.72 Å². The quantitative estimate of drug-likeness (QED) is 0.601. The fourth-order valence-electron chi connectivity index (χ4n) is 3.32. The topological polar surface area (TPSA) is 150 Å². The lowest BCUT2D eigenvalue weighted by atomic mass is 9.98. The summed E-state index contributed by atoms with van der Waals surface area (Å²) in [6.07, 6.45) is 1.09. The number of likely N-dealkylation sites (tertiary alicyclic amines) is 1. The molecule has 1 aromatic heterocycles. The Bertz CT molecular complexity index is 876. The lowest BCUT2D eigenvalue weighted by Crippen LogP contribution is -2.50. The zero-order valence-corrected chi connectivity index (χ0v) is 17.7. The van der Waals surface area contributed by atoms with Crippen molar-refractivity contribution in [2.45, 2.75) is 44.6 Å². The second-order valence-electron chi connectivity index (χ2n) is 7.21. The number of nitrogens with zero attached hydrogens (tertiary/aromatic N) is 3. The van der Waals surface area contributed by atoms with Gasteiger partial charge >= 0.3 is 5.97 Å². The van der Waals surface area contributed by atoms with E-state index in [2.05, 4.69) is 9.88 Å². The number of aromatic nitrogens is 1. The van der Waals surface area contributed by atoms with Crippen molar-refractivity contribution in [1.29, 1.82) is 0 Å². The number of carboxylic acid groups (broad SMARTS) is 1. The Morgan fingerprint density at radius 2 is 2.03 bits per heavy atom. The van der Waals surface area contributed by atoms with Crippen molar-refractivity contribution in [2.75, 3.05) is 26.7 Å². The molecule has 1 aliphatic heterocycles. The second kappa shape index (κ2) is 8.91. The fourth-order valence-corrected chi connectivity index (χ4v) is 4.84. The predicted molar refractivity (Wildman–Crippen MR) is 100 cm³/mol. The number of aryl methyl sites for hydroxylation is 2. The Balaban J connectivity index is 1.98. The molecule has 2 amide bonds. The third kappa shape index (κ3) is 5.32. The van der Waals surface area contributed by atoms with Gasteiger partial charge in [0.15, 0.2) is 5.76 Å². The molecule has 162 valence electrons. The third-order valence-electron chi connectivity index (χ3n) is 4.81. The molecular formula is C17H26N4O7S. The van der Waals surface area contributed by atoms with Gasteiger partial charge in [-0.1, -0.05) is 5.16 Å². The van der Waals surface area contributed by atoms with Gasteiger partial charge in [-0.05, 0) is 33.6 Å². The predicted octanol–water partition coefficient (Wildman–Crippen LogP) is -0.260. The SMILES string of the molecule is Cc1noc(C)c1S(=O)(=O)N[C@@H](C)C(=O)N(C)CC(=O)N1CCC[C@H](C(=O)O)C1. The van der Waals surface area contributed by atoms with Crippen LogP contribution in [-0.4, -0.2) is 79.0 Å². The highest BCUT2D eigenvalue weighted by Gasteiger charge is 2.32. The molecule has 0 aliphatic carbocycles. The van der Waals surface area contributed by atoms with Crippen molar-refractivity contribution in [1.82, 2.24) is 19.7 Å². The molecule has 0 spiro atoms. The minimum Gasteiger partial charge on any atom is -0.481 e. The van der Waals surface area contributed by atoms with Gasteiger partial charge in [-0.15, -0.1) is 0 Å². The van der Waals surface area contributed by atoms with Crippen LogP contribution in [0.4, 0.5) is 0 Å². The van der Waals surface area contributed by atoms with E-state index in [1.165, 1.54) is 32.7 Å².